The molecule has 0 bridgehead atoms. The van der Waals surface area contributed by atoms with E-state index in [0.29, 0.717) is 0 Å². The third-order valence-electron chi connectivity index (χ3n) is 3.32. The molecule has 0 amide bonds. The quantitative estimate of drug-likeness (QED) is 0.792. The average molecular weight is 292 g/mol. The van der Waals surface area contributed by atoms with E-state index in [-0.39, 0.29) is 5.56 Å². The van der Waals surface area contributed by atoms with Crippen LogP contribution < -0.4 is 0 Å². The molecule has 7 heteroatoms. The number of aliphatic carboxylic acids is 1. The molecule has 0 aliphatic rings. The van der Waals surface area contributed by atoms with Crippen molar-refractivity contribution in [3.8, 4) is 0 Å². The normalized spacial score (nSPS) is 18.4. The van der Waals surface area contributed by atoms with E-state index >= 15 is 0 Å². The van der Waals surface area contributed by atoms with Crippen molar-refractivity contribution in [1.29, 1.82) is 0 Å². The maximum Gasteiger partial charge on any atom is 0.431 e. The second-order valence-electron chi connectivity index (χ2n) is 4.80. The maximum atomic E-state index is 13.1. The van der Waals surface area contributed by atoms with Gasteiger partial charge in [-0.2, -0.15) is 13.2 Å². The van der Waals surface area contributed by atoms with Gasteiger partial charge in [-0.3, -0.25) is 0 Å². The van der Waals surface area contributed by atoms with Crippen LogP contribution in [0.15, 0.2) is 30.3 Å². The predicted octanol–water partition coefficient (Wildman–Crippen LogP) is 1.91. The molecular formula is C13H15F3O4. The van der Waals surface area contributed by atoms with Crippen molar-refractivity contribution < 1.29 is 33.3 Å². The van der Waals surface area contributed by atoms with Crippen molar-refractivity contribution in [2.75, 3.05) is 0 Å². The van der Waals surface area contributed by atoms with E-state index < -0.39 is 29.3 Å². The number of benzene rings is 1. The highest BCUT2D eigenvalue weighted by atomic mass is 19.4. The Bertz CT molecular complexity index is 486. The first-order chi connectivity index (χ1) is 8.99. The molecule has 4 nitrogen and oxygen atoms in total. The second-order valence-corrected chi connectivity index (χ2v) is 4.80. The van der Waals surface area contributed by atoms with Crippen LogP contribution in [0.2, 0.25) is 0 Å². The first-order valence-corrected chi connectivity index (χ1v) is 5.80. The van der Waals surface area contributed by atoms with Crippen LogP contribution >= 0.6 is 0 Å². The predicted molar refractivity (Wildman–Crippen MR) is 63.8 cm³/mol. The van der Waals surface area contributed by atoms with Gasteiger partial charge in [0, 0.05) is 0 Å². The lowest BCUT2D eigenvalue weighted by Gasteiger charge is -2.44. The number of carboxylic acid groups (broad SMARTS) is 1. The lowest BCUT2D eigenvalue weighted by Crippen LogP contribution is -2.67. The molecule has 1 rings (SSSR count). The van der Waals surface area contributed by atoms with E-state index in [1.807, 2.05) is 0 Å². The van der Waals surface area contributed by atoms with Crippen molar-refractivity contribution in [3.05, 3.63) is 35.9 Å². The molecule has 1 aromatic rings. The molecule has 0 saturated heterocycles. The Kier molecular flexibility index (Phi) is 4.17. The van der Waals surface area contributed by atoms with Crippen molar-refractivity contribution >= 4 is 5.97 Å². The summed E-state index contributed by atoms with van der Waals surface area (Å²) in [5.41, 5.74) is -7.65. The van der Waals surface area contributed by atoms with Gasteiger partial charge in [-0.1, -0.05) is 44.2 Å². The van der Waals surface area contributed by atoms with Crippen LogP contribution in [0.3, 0.4) is 0 Å². The summed E-state index contributed by atoms with van der Waals surface area (Å²) in [6, 6.07) is 6.47. The zero-order valence-corrected chi connectivity index (χ0v) is 10.8. The molecule has 0 aromatic heterocycles. The first-order valence-electron chi connectivity index (χ1n) is 5.80. The molecular weight excluding hydrogens is 277 g/mol. The van der Waals surface area contributed by atoms with Gasteiger partial charge in [-0.25, -0.2) is 4.79 Å². The van der Waals surface area contributed by atoms with E-state index in [9.17, 15) is 28.2 Å². The summed E-state index contributed by atoms with van der Waals surface area (Å²) in [5.74, 6) is -3.75. The van der Waals surface area contributed by atoms with Crippen LogP contribution in [0.1, 0.15) is 19.4 Å². The van der Waals surface area contributed by atoms with Crippen molar-refractivity contribution in [2.45, 2.75) is 31.2 Å². The van der Waals surface area contributed by atoms with Gasteiger partial charge >= 0.3 is 12.1 Å². The SMILES string of the molecule is CC(C)C(O)(c1ccccc1)C(O)(C(=O)O)C(F)(F)F. The Morgan fingerprint density at radius 2 is 1.55 bits per heavy atom. The number of halogens is 3. The average Bonchev–Trinajstić information content (AvgIpc) is 2.35. The number of rotatable bonds is 4. The summed E-state index contributed by atoms with van der Waals surface area (Å²) in [6.45, 7) is 2.40. The molecule has 0 spiro atoms. The van der Waals surface area contributed by atoms with Crippen molar-refractivity contribution in [1.82, 2.24) is 0 Å². The highest BCUT2D eigenvalue weighted by molar-refractivity contribution is 5.80. The lowest BCUT2D eigenvalue weighted by molar-refractivity contribution is -0.322. The Hall–Kier alpha value is -1.60. The molecule has 0 fully saturated rings. The third kappa shape index (κ3) is 2.16. The summed E-state index contributed by atoms with van der Waals surface area (Å²) in [4.78, 5) is 11.1. The van der Waals surface area contributed by atoms with Gasteiger partial charge in [-0.15, -0.1) is 0 Å². The fourth-order valence-corrected chi connectivity index (χ4v) is 2.15. The molecule has 2 unspecified atom stereocenters. The van der Waals surface area contributed by atoms with E-state index in [0.717, 1.165) is 12.1 Å². The Balaban J connectivity index is 3.65. The fourth-order valence-electron chi connectivity index (χ4n) is 2.15. The molecule has 0 radical (unpaired) electrons. The largest absolute Gasteiger partial charge is 0.479 e. The summed E-state index contributed by atoms with van der Waals surface area (Å²) < 4.78 is 39.3. The molecule has 20 heavy (non-hydrogen) atoms. The lowest BCUT2D eigenvalue weighted by atomic mass is 9.70. The summed E-state index contributed by atoms with van der Waals surface area (Å²) in [6.07, 6.45) is -5.55. The number of carbonyl (C=O) groups is 1. The minimum absolute atomic E-state index is 0.322. The number of carboxylic acids is 1. The van der Waals surface area contributed by atoms with Crippen LogP contribution in [0.25, 0.3) is 0 Å². The Morgan fingerprint density at radius 3 is 1.85 bits per heavy atom. The van der Waals surface area contributed by atoms with Gasteiger partial charge in [0.05, 0.1) is 0 Å². The first kappa shape index (κ1) is 16.5. The third-order valence-corrected chi connectivity index (χ3v) is 3.32. The van der Waals surface area contributed by atoms with Crippen LogP contribution in [0, 0.1) is 5.92 Å². The van der Waals surface area contributed by atoms with E-state index in [4.69, 9.17) is 5.11 Å². The summed E-state index contributed by atoms with van der Waals surface area (Å²) in [7, 11) is 0. The molecule has 0 heterocycles. The van der Waals surface area contributed by atoms with Crippen LogP contribution in [-0.4, -0.2) is 33.1 Å². The van der Waals surface area contributed by atoms with Gasteiger partial charge in [0.15, 0.2) is 0 Å². The molecule has 2 atom stereocenters. The molecule has 112 valence electrons. The Labute approximate surface area is 113 Å². The maximum absolute atomic E-state index is 13.1. The number of hydrogen-bond acceptors (Lipinski definition) is 3. The zero-order valence-electron chi connectivity index (χ0n) is 10.8. The highest BCUT2D eigenvalue weighted by Gasteiger charge is 2.73. The van der Waals surface area contributed by atoms with E-state index in [1.165, 1.54) is 32.0 Å². The number of aliphatic hydroxyl groups is 2. The topological polar surface area (TPSA) is 77.8 Å². The van der Waals surface area contributed by atoms with Gasteiger partial charge in [0.2, 0.25) is 0 Å². The second kappa shape index (κ2) is 5.06. The van der Waals surface area contributed by atoms with Crippen LogP contribution in [0.4, 0.5) is 13.2 Å². The minimum atomic E-state index is -5.55. The smallest absolute Gasteiger partial charge is 0.431 e. The van der Waals surface area contributed by atoms with Gasteiger partial charge in [-0.05, 0) is 11.5 Å². The molecule has 0 aliphatic heterocycles. The molecule has 0 saturated carbocycles. The monoisotopic (exact) mass is 292 g/mol. The van der Waals surface area contributed by atoms with Gasteiger partial charge in [0.25, 0.3) is 5.60 Å². The van der Waals surface area contributed by atoms with Gasteiger partial charge in [0.1, 0.15) is 5.60 Å². The molecule has 1 aromatic carbocycles. The van der Waals surface area contributed by atoms with E-state index in [2.05, 4.69) is 0 Å². The summed E-state index contributed by atoms with van der Waals surface area (Å²) >= 11 is 0. The number of alkyl halides is 3. The van der Waals surface area contributed by atoms with Crippen LogP contribution in [0.5, 0.6) is 0 Å². The Morgan fingerprint density at radius 1 is 1.10 bits per heavy atom. The minimum Gasteiger partial charge on any atom is -0.479 e. The van der Waals surface area contributed by atoms with Crippen LogP contribution in [-0.2, 0) is 10.4 Å². The van der Waals surface area contributed by atoms with Crippen molar-refractivity contribution in [2.24, 2.45) is 5.92 Å². The number of hydrogen-bond donors (Lipinski definition) is 3. The van der Waals surface area contributed by atoms with Crippen molar-refractivity contribution in [3.63, 3.8) is 0 Å². The van der Waals surface area contributed by atoms with Gasteiger partial charge < -0.3 is 15.3 Å². The summed E-state index contributed by atoms with van der Waals surface area (Å²) in [5, 5.41) is 29.1. The standard InChI is InChI=1S/C13H15F3O4/c1-8(2)11(19,9-6-4-3-5-7-9)12(20,10(17)18)13(14,15)16/h3-8,19-20H,1-2H3,(H,17,18). The fraction of sp³-hybridized carbons (Fsp3) is 0.462. The molecule has 3 N–H and O–H groups in total. The highest BCUT2D eigenvalue weighted by Crippen LogP contribution is 2.48. The van der Waals surface area contributed by atoms with E-state index in [1.54, 1.807) is 0 Å². The zero-order chi connectivity index (χ0) is 15.8. The molecule has 0 aliphatic carbocycles.